The number of carbonyl (C=O) groups is 2. The lowest BCUT2D eigenvalue weighted by Gasteiger charge is -2.07. The number of amides is 2. The predicted octanol–water partition coefficient (Wildman–Crippen LogP) is 3.61. The Morgan fingerprint density at radius 2 is 1.71 bits per heavy atom. The minimum absolute atomic E-state index is 0.0771. The number of benzene rings is 1. The molecular weight excluding hydrogens is 447 g/mol. The highest BCUT2D eigenvalue weighted by molar-refractivity contribution is 9.10. The number of hydrogen-bond donors (Lipinski definition) is 2. The van der Waals surface area contributed by atoms with Gasteiger partial charge in [-0.1, -0.05) is 6.07 Å². The van der Waals surface area contributed by atoms with E-state index in [1.165, 1.54) is 23.3 Å². The average molecular weight is 463 g/mol. The summed E-state index contributed by atoms with van der Waals surface area (Å²) < 4.78 is 13.6. The van der Waals surface area contributed by atoms with E-state index in [1.807, 2.05) is 19.1 Å². The maximum absolute atomic E-state index is 13.3. The Morgan fingerprint density at radius 3 is 2.32 bits per heavy atom. The molecule has 0 aliphatic heterocycles. The van der Waals surface area contributed by atoms with Crippen LogP contribution in [0.4, 0.5) is 4.39 Å². The van der Waals surface area contributed by atoms with E-state index in [9.17, 15) is 14.0 Å². The van der Waals surface area contributed by atoms with Crippen molar-refractivity contribution in [1.29, 1.82) is 0 Å². The molecule has 0 saturated heterocycles. The summed E-state index contributed by atoms with van der Waals surface area (Å²) in [6.07, 6.45) is 1.17. The molecular formula is C19H16BrFN4O2S. The van der Waals surface area contributed by atoms with E-state index in [0.717, 1.165) is 10.4 Å². The van der Waals surface area contributed by atoms with Crippen molar-refractivity contribution in [2.45, 2.75) is 20.0 Å². The monoisotopic (exact) mass is 462 g/mol. The smallest absolute Gasteiger partial charge is 0.270 e. The molecule has 2 N–H and O–H groups in total. The van der Waals surface area contributed by atoms with Gasteiger partial charge in [0.15, 0.2) is 0 Å². The van der Waals surface area contributed by atoms with Crippen molar-refractivity contribution in [1.82, 2.24) is 20.6 Å². The van der Waals surface area contributed by atoms with Gasteiger partial charge in [-0.25, -0.2) is 14.4 Å². The van der Waals surface area contributed by atoms with Gasteiger partial charge in [-0.05, 0) is 52.7 Å². The Labute approximate surface area is 173 Å². The third-order valence-corrected chi connectivity index (χ3v) is 5.40. The van der Waals surface area contributed by atoms with Gasteiger partial charge < -0.3 is 10.6 Å². The van der Waals surface area contributed by atoms with Crippen LogP contribution in [0.1, 0.15) is 36.3 Å². The normalized spacial score (nSPS) is 10.5. The molecule has 0 radical (unpaired) electrons. The summed E-state index contributed by atoms with van der Waals surface area (Å²) in [5, 5.41) is 5.46. The minimum Gasteiger partial charge on any atom is -0.347 e. The highest BCUT2D eigenvalue weighted by Gasteiger charge is 2.13. The van der Waals surface area contributed by atoms with E-state index in [0.29, 0.717) is 11.0 Å². The van der Waals surface area contributed by atoms with Crippen molar-refractivity contribution in [3.05, 3.63) is 79.7 Å². The number of hydrogen-bond acceptors (Lipinski definition) is 5. The number of aromatic nitrogens is 2. The molecule has 144 valence electrons. The minimum atomic E-state index is -0.453. The van der Waals surface area contributed by atoms with Crippen LogP contribution in [0, 0.1) is 12.7 Å². The van der Waals surface area contributed by atoms with Crippen molar-refractivity contribution >= 4 is 39.1 Å². The molecule has 0 saturated carbocycles. The lowest BCUT2D eigenvalue weighted by Crippen LogP contribution is -2.27. The van der Waals surface area contributed by atoms with Crippen molar-refractivity contribution in [3.63, 3.8) is 0 Å². The Hall–Kier alpha value is -2.65. The Balaban J connectivity index is 1.60. The van der Waals surface area contributed by atoms with Crippen molar-refractivity contribution < 1.29 is 14.0 Å². The summed E-state index contributed by atoms with van der Waals surface area (Å²) in [6.45, 7) is 2.58. The van der Waals surface area contributed by atoms with Gasteiger partial charge >= 0.3 is 0 Å². The van der Waals surface area contributed by atoms with Crippen LogP contribution in [-0.4, -0.2) is 21.8 Å². The first-order valence-electron chi connectivity index (χ1n) is 8.30. The molecule has 0 atom stereocenters. The number of halogens is 2. The maximum atomic E-state index is 13.3. The first-order valence-corrected chi connectivity index (χ1v) is 9.91. The van der Waals surface area contributed by atoms with Crippen molar-refractivity contribution in [2.75, 3.05) is 0 Å². The quantitative estimate of drug-likeness (QED) is 0.585. The van der Waals surface area contributed by atoms with E-state index in [1.54, 1.807) is 23.5 Å². The topological polar surface area (TPSA) is 84.0 Å². The lowest BCUT2D eigenvalue weighted by molar-refractivity contribution is 0.0944. The van der Waals surface area contributed by atoms with Crippen LogP contribution in [0.2, 0.25) is 0 Å². The first kappa shape index (κ1) is 20.1. The fraction of sp³-hybridized carbons (Fsp3) is 0.158. The summed E-state index contributed by atoms with van der Waals surface area (Å²) in [4.78, 5) is 34.6. The molecule has 2 heterocycles. The molecule has 3 rings (SSSR count). The van der Waals surface area contributed by atoms with Crippen LogP contribution >= 0.6 is 27.3 Å². The number of nitrogens with one attached hydrogen (secondary N) is 2. The van der Waals surface area contributed by atoms with Crippen LogP contribution in [-0.2, 0) is 13.1 Å². The Bertz CT molecular complexity index is 1020. The third-order valence-electron chi connectivity index (χ3n) is 3.79. The molecule has 2 amide bonds. The van der Waals surface area contributed by atoms with Crippen LogP contribution < -0.4 is 10.6 Å². The zero-order valence-corrected chi connectivity index (χ0v) is 17.2. The average Bonchev–Trinajstić information content (AvgIpc) is 3.12. The van der Waals surface area contributed by atoms with E-state index in [4.69, 9.17) is 0 Å². The SMILES string of the molecule is Cc1ccc(CNC(=O)c2cc(C(=O)NCc3ccc(F)c(Br)c3)ncn2)s1. The number of carbonyl (C=O) groups excluding carboxylic acids is 2. The van der Waals surface area contributed by atoms with Crippen LogP contribution in [0.15, 0.2) is 47.2 Å². The fourth-order valence-electron chi connectivity index (χ4n) is 2.37. The fourth-order valence-corrected chi connectivity index (χ4v) is 3.62. The molecule has 0 spiro atoms. The van der Waals surface area contributed by atoms with Gasteiger partial charge in [0.2, 0.25) is 0 Å². The summed E-state index contributed by atoms with van der Waals surface area (Å²) in [5.41, 5.74) is 0.908. The number of thiophene rings is 1. The molecule has 1 aromatic carbocycles. The molecule has 6 nitrogen and oxygen atoms in total. The Kier molecular flexibility index (Phi) is 6.48. The zero-order valence-electron chi connectivity index (χ0n) is 14.8. The van der Waals surface area contributed by atoms with E-state index >= 15 is 0 Å². The summed E-state index contributed by atoms with van der Waals surface area (Å²) in [7, 11) is 0. The highest BCUT2D eigenvalue weighted by atomic mass is 79.9. The molecule has 9 heteroatoms. The van der Waals surface area contributed by atoms with E-state index in [2.05, 4.69) is 36.5 Å². The van der Waals surface area contributed by atoms with E-state index in [-0.39, 0.29) is 29.7 Å². The van der Waals surface area contributed by atoms with Gasteiger partial charge in [0.1, 0.15) is 23.5 Å². The largest absolute Gasteiger partial charge is 0.347 e. The predicted molar refractivity (Wildman–Crippen MR) is 108 cm³/mol. The highest BCUT2D eigenvalue weighted by Crippen LogP contribution is 2.17. The first-order chi connectivity index (χ1) is 13.4. The van der Waals surface area contributed by atoms with Gasteiger partial charge in [-0.15, -0.1) is 11.3 Å². The van der Waals surface area contributed by atoms with Crippen molar-refractivity contribution in [2.24, 2.45) is 0 Å². The molecule has 0 bridgehead atoms. The van der Waals surface area contributed by atoms with Gasteiger partial charge in [0.25, 0.3) is 11.8 Å². The van der Waals surface area contributed by atoms with Crippen LogP contribution in [0.3, 0.4) is 0 Å². The Morgan fingerprint density at radius 1 is 1.04 bits per heavy atom. The molecule has 0 unspecified atom stereocenters. The maximum Gasteiger partial charge on any atom is 0.270 e. The second kappa shape index (κ2) is 9.03. The molecule has 3 aromatic rings. The molecule has 0 fully saturated rings. The van der Waals surface area contributed by atoms with Gasteiger partial charge in [-0.2, -0.15) is 0 Å². The number of nitrogens with zero attached hydrogens (tertiary/aromatic N) is 2. The van der Waals surface area contributed by atoms with Gasteiger partial charge in [0, 0.05) is 22.4 Å². The van der Waals surface area contributed by atoms with Gasteiger partial charge in [-0.3, -0.25) is 9.59 Å². The standard InChI is InChI=1S/C19H16BrFN4O2S/c1-11-2-4-13(28-11)9-23-19(27)17-7-16(24-10-25-17)18(26)22-8-12-3-5-15(21)14(20)6-12/h2-7,10H,8-9H2,1H3,(H,22,26)(H,23,27). The second-order valence-corrected chi connectivity index (χ2v) is 8.14. The van der Waals surface area contributed by atoms with Gasteiger partial charge in [0.05, 0.1) is 11.0 Å². The van der Waals surface area contributed by atoms with Crippen molar-refractivity contribution in [3.8, 4) is 0 Å². The second-order valence-electron chi connectivity index (χ2n) is 5.91. The molecule has 28 heavy (non-hydrogen) atoms. The molecule has 0 aliphatic carbocycles. The number of rotatable bonds is 6. The van der Waals surface area contributed by atoms with E-state index < -0.39 is 5.91 Å². The third kappa shape index (κ3) is 5.20. The summed E-state index contributed by atoms with van der Waals surface area (Å²) >= 11 is 4.71. The van der Waals surface area contributed by atoms with Crippen LogP contribution in [0.25, 0.3) is 0 Å². The lowest BCUT2D eigenvalue weighted by atomic mass is 10.2. The summed E-state index contributed by atoms with van der Waals surface area (Å²) in [5.74, 6) is -1.21. The molecule has 0 aliphatic rings. The molecule has 2 aromatic heterocycles. The number of aryl methyl sites for hydroxylation is 1. The summed E-state index contributed by atoms with van der Waals surface area (Å²) in [6, 6.07) is 9.75. The van der Waals surface area contributed by atoms with Crippen LogP contribution in [0.5, 0.6) is 0 Å². The zero-order chi connectivity index (χ0) is 20.1.